The van der Waals surface area contributed by atoms with Crippen LogP contribution in [0.4, 0.5) is 5.69 Å². The van der Waals surface area contributed by atoms with Crippen molar-refractivity contribution < 1.29 is 22.7 Å². The first-order valence-electron chi connectivity index (χ1n) is 7.75. The molecule has 1 aromatic carbocycles. The fraction of sp³-hybridized carbons (Fsp3) is 0.500. The number of aryl methyl sites for hydroxylation is 1. The Morgan fingerprint density at radius 1 is 1.33 bits per heavy atom. The van der Waals surface area contributed by atoms with Crippen LogP contribution in [0.1, 0.15) is 36.2 Å². The van der Waals surface area contributed by atoms with Gasteiger partial charge in [-0.05, 0) is 50.5 Å². The number of rotatable bonds is 5. The Morgan fingerprint density at radius 2 is 2.04 bits per heavy atom. The second kappa shape index (κ2) is 7.21. The average Bonchev–Trinajstić information content (AvgIpc) is 2.49. The molecule has 1 amide bonds. The average molecular weight is 354 g/mol. The lowest BCUT2D eigenvalue weighted by Crippen LogP contribution is -2.35. The molecule has 0 spiro atoms. The molecule has 0 aliphatic carbocycles. The number of esters is 1. The third-order valence-electron chi connectivity index (χ3n) is 3.58. The molecule has 1 aliphatic rings. The predicted octanol–water partition coefficient (Wildman–Crippen LogP) is 1.08. The van der Waals surface area contributed by atoms with E-state index in [9.17, 15) is 18.0 Å². The lowest BCUT2D eigenvalue weighted by Gasteiger charge is -2.29. The number of carbonyl (C=O) groups excluding carboxylic acids is 2. The minimum atomic E-state index is -3.34. The minimum absolute atomic E-state index is 0.0260. The standard InChI is InChI=1S/C16H22N2O5S/c1-11(2)17-15(19)10-23-16(20)13-6-7-14-12(9-13)5-4-8-18(14)24(3,21)22/h6-7,9,11H,4-5,8,10H2,1-3H3,(H,17,19). The molecule has 1 N–H and O–H groups in total. The van der Waals surface area contributed by atoms with Crippen LogP contribution in [0, 0.1) is 0 Å². The molecular formula is C16H22N2O5S. The molecule has 0 aromatic heterocycles. The molecule has 1 aliphatic heterocycles. The van der Waals surface area contributed by atoms with Crippen LogP contribution in [0.25, 0.3) is 0 Å². The summed E-state index contributed by atoms with van der Waals surface area (Å²) in [7, 11) is -3.34. The van der Waals surface area contributed by atoms with Gasteiger partial charge in [0.25, 0.3) is 5.91 Å². The Kier molecular flexibility index (Phi) is 5.48. The van der Waals surface area contributed by atoms with Crippen molar-refractivity contribution in [3.05, 3.63) is 29.3 Å². The normalized spacial score (nSPS) is 14.2. The zero-order valence-corrected chi connectivity index (χ0v) is 14.9. The van der Waals surface area contributed by atoms with Crippen LogP contribution in [0.3, 0.4) is 0 Å². The maximum Gasteiger partial charge on any atom is 0.338 e. The molecular weight excluding hydrogens is 332 g/mol. The van der Waals surface area contributed by atoms with E-state index in [1.807, 2.05) is 13.8 Å². The molecule has 1 aromatic rings. The van der Waals surface area contributed by atoms with Crippen molar-refractivity contribution in [2.45, 2.75) is 32.7 Å². The van der Waals surface area contributed by atoms with E-state index in [2.05, 4.69) is 5.32 Å². The number of hydrogen-bond donors (Lipinski definition) is 1. The van der Waals surface area contributed by atoms with E-state index >= 15 is 0 Å². The van der Waals surface area contributed by atoms with Gasteiger partial charge in [0.05, 0.1) is 17.5 Å². The number of anilines is 1. The van der Waals surface area contributed by atoms with Crippen molar-refractivity contribution in [2.24, 2.45) is 0 Å². The molecule has 24 heavy (non-hydrogen) atoms. The summed E-state index contributed by atoms with van der Waals surface area (Å²) < 4.78 is 30.0. The van der Waals surface area contributed by atoms with Crippen LogP contribution >= 0.6 is 0 Å². The zero-order chi connectivity index (χ0) is 17.9. The number of carbonyl (C=O) groups is 2. The number of amides is 1. The molecule has 8 heteroatoms. The van der Waals surface area contributed by atoms with Crippen molar-refractivity contribution in [1.29, 1.82) is 0 Å². The van der Waals surface area contributed by atoms with E-state index in [1.54, 1.807) is 12.1 Å². The zero-order valence-electron chi connectivity index (χ0n) is 14.0. The predicted molar refractivity (Wildman–Crippen MR) is 90.5 cm³/mol. The molecule has 132 valence electrons. The number of fused-ring (bicyclic) bond motifs is 1. The van der Waals surface area contributed by atoms with Crippen LogP contribution in [0.15, 0.2) is 18.2 Å². The topological polar surface area (TPSA) is 92.8 Å². The largest absolute Gasteiger partial charge is 0.452 e. The molecule has 7 nitrogen and oxygen atoms in total. The van der Waals surface area contributed by atoms with Crippen molar-refractivity contribution in [1.82, 2.24) is 5.32 Å². The van der Waals surface area contributed by atoms with Crippen LogP contribution < -0.4 is 9.62 Å². The summed E-state index contributed by atoms with van der Waals surface area (Å²) >= 11 is 0. The molecule has 0 atom stereocenters. The van der Waals surface area contributed by atoms with Gasteiger partial charge >= 0.3 is 5.97 Å². The molecule has 0 fully saturated rings. The van der Waals surface area contributed by atoms with Gasteiger partial charge in [0.15, 0.2) is 6.61 Å². The summed E-state index contributed by atoms with van der Waals surface area (Å²) in [5, 5.41) is 2.63. The number of nitrogens with one attached hydrogen (secondary N) is 1. The second-order valence-corrected chi connectivity index (χ2v) is 7.99. The van der Waals surface area contributed by atoms with E-state index in [0.29, 0.717) is 30.6 Å². The summed E-state index contributed by atoms with van der Waals surface area (Å²) in [6.45, 7) is 3.72. The number of benzene rings is 1. The first kappa shape index (κ1) is 18.3. The van der Waals surface area contributed by atoms with Crippen LogP contribution in [-0.4, -0.2) is 45.7 Å². The third-order valence-corrected chi connectivity index (χ3v) is 4.76. The van der Waals surface area contributed by atoms with Gasteiger partial charge in [-0.15, -0.1) is 0 Å². The number of ether oxygens (including phenoxy) is 1. The minimum Gasteiger partial charge on any atom is -0.452 e. The van der Waals surface area contributed by atoms with E-state index in [-0.39, 0.29) is 18.6 Å². The smallest absolute Gasteiger partial charge is 0.338 e. The quantitative estimate of drug-likeness (QED) is 0.799. The summed E-state index contributed by atoms with van der Waals surface area (Å²) in [6.07, 6.45) is 2.54. The first-order chi connectivity index (χ1) is 11.2. The van der Waals surface area contributed by atoms with Gasteiger partial charge in [0.2, 0.25) is 10.0 Å². The Morgan fingerprint density at radius 3 is 2.67 bits per heavy atom. The van der Waals surface area contributed by atoms with E-state index in [4.69, 9.17) is 4.74 Å². The fourth-order valence-electron chi connectivity index (χ4n) is 2.61. The molecule has 1 heterocycles. The van der Waals surface area contributed by atoms with E-state index in [0.717, 1.165) is 11.8 Å². The molecule has 0 saturated heterocycles. The summed E-state index contributed by atoms with van der Waals surface area (Å²) in [5.74, 6) is -0.965. The highest BCUT2D eigenvalue weighted by molar-refractivity contribution is 7.92. The van der Waals surface area contributed by atoms with Gasteiger partial charge in [-0.3, -0.25) is 9.10 Å². The maximum atomic E-state index is 12.1. The number of sulfonamides is 1. The Bertz CT molecular complexity index is 743. The van der Waals surface area contributed by atoms with E-state index < -0.39 is 16.0 Å². The number of nitrogens with zero attached hydrogens (tertiary/aromatic N) is 1. The van der Waals surface area contributed by atoms with Crippen molar-refractivity contribution in [2.75, 3.05) is 23.7 Å². The molecule has 0 radical (unpaired) electrons. The summed E-state index contributed by atoms with van der Waals surface area (Å²) in [6, 6.07) is 4.74. The van der Waals surface area contributed by atoms with Crippen molar-refractivity contribution in [3.8, 4) is 0 Å². The lowest BCUT2D eigenvalue weighted by atomic mass is 10.0. The van der Waals surface area contributed by atoms with Crippen LogP contribution in [0.2, 0.25) is 0 Å². The Hall–Kier alpha value is -2.09. The Balaban J connectivity index is 2.11. The van der Waals surface area contributed by atoms with Gasteiger partial charge in [0.1, 0.15) is 0 Å². The summed E-state index contributed by atoms with van der Waals surface area (Å²) in [5.41, 5.74) is 1.69. The van der Waals surface area contributed by atoms with Crippen LogP contribution in [0.5, 0.6) is 0 Å². The van der Waals surface area contributed by atoms with Gasteiger partial charge < -0.3 is 10.1 Å². The monoisotopic (exact) mass is 354 g/mol. The van der Waals surface area contributed by atoms with E-state index in [1.165, 1.54) is 10.4 Å². The molecule has 0 bridgehead atoms. The van der Waals surface area contributed by atoms with Crippen LogP contribution in [-0.2, 0) is 26.0 Å². The molecule has 2 rings (SSSR count). The summed E-state index contributed by atoms with van der Waals surface area (Å²) in [4.78, 5) is 23.6. The third kappa shape index (κ3) is 4.47. The van der Waals surface area contributed by atoms with Gasteiger partial charge in [0, 0.05) is 12.6 Å². The SMILES string of the molecule is CC(C)NC(=O)COC(=O)c1ccc2c(c1)CCCN2S(C)(=O)=O. The lowest BCUT2D eigenvalue weighted by molar-refractivity contribution is -0.124. The fourth-order valence-corrected chi connectivity index (χ4v) is 3.61. The Labute approximate surface area is 142 Å². The van der Waals surface area contributed by atoms with Crippen molar-refractivity contribution in [3.63, 3.8) is 0 Å². The first-order valence-corrected chi connectivity index (χ1v) is 9.60. The van der Waals surface area contributed by atoms with Crippen molar-refractivity contribution >= 4 is 27.6 Å². The van der Waals surface area contributed by atoms with Gasteiger partial charge in [-0.2, -0.15) is 0 Å². The molecule has 0 saturated carbocycles. The van der Waals surface area contributed by atoms with Gasteiger partial charge in [-0.25, -0.2) is 13.2 Å². The molecule has 0 unspecified atom stereocenters. The number of hydrogen-bond acceptors (Lipinski definition) is 5. The highest BCUT2D eigenvalue weighted by atomic mass is 32.2. The highest BCUT2D eigenvalue weighted by Crippen LogP contribution is 2.30. The highest BCUT2D eigenvalue weighted by Gasteiger charge is 2.25. The second-order valence-electron chi connectivity index (χ2n) is 6.08. The van der Waals surface area contributed by atoms with Gasteiger partial charge in [-0.1, -0.05) is 0 Å². The maximum absolute atomic E-state index is 12.1.